The van der Waals surface area contributed by atoms with Crippen LogP contribution in [0.2, 0.25) is 0 Å². The van der Waals surface area contributed by atoms with Crippen LogP contribution in [-0.2, 0) is 17.6 Å². The zero-order chi connectivity index (χ0) is 18.8. The first-order valence-electron chi connectivity index (χ1n) is 9.40. The van der Waals surface area contributed by atoms with Crippen molar-refractivity contribution in [2.75, 3.05) is 25.0 Å². The van der Waals surface area contributed by atoms with Gasteiger partial charge in [0.1, 0.15) is 10.6 Å². The lowest BCUT2D eigenvalue weighted by Crippen LogP contribution is -2.21. The zero-order valence-corrected chi connectivity index (χ0v) is 16.6. The van der Waals surface area contributed by atoms with Crippen LogP contribution in [0.4, 0.5) is 5.13 Å². The van der Waals surface area contributed by atoms with E-state index in [-0.39, 0.29) is 12.3 Å². The molecule has 1 amide bonds. The normalized spacial score (nSPS) is 14.9. The molecule has 1 aliphatic rings. The van der Waals surface area contributed by atoms with Crippen molar-refractivity contribution in [3.05, 3.63) is 40.1 Å². The van der Waals surface area contributed by atoms with Gasteiger partial charge in [-0.1, -0.05) is 11.3 Å². The van der Waals surface area contributed by atoms with E-state index in [2.05, 4.69) is 40.3 Å². The lowest BCUT2D eigenvalue weighted by molar-refractivity contribution is -0.115. The molecule has 0 radical (unpaired) electrons. The molecule has 0 saturated carbocycles. The molecule has 6 nitrogen and oxygen atoms in total. The maximum Gasteiger partial charge on any atom is 0.230 e. The van der Waals surface area contributed by atoms with Gasteiger partial charge >= 0.3 is 0 Å². The average molecular weight is 385 g/mol. The molecular weight excluding hydrogens is 360 g/mol. The molecule has 3 aromatic rings. The maximum atomic E-state index is 12.4. The molecular formula is C20H24N4O2S. The number of nitrogens with one attached hydrogen (secondary N) is 1. The van der Waals surface area contributed by atoms with E-state index in [1.54, 1.807) is 6.26 Å². The predicted octanol–water partition coefficient (Wildman–Crippen LogP) is 3.72. The third-order valence-electron chi connectivity index (χ3n) is 5.17. The van der Waals surface area contributed by atoms with Gasteiger partial charge in [-0.25, -0.2) is 0 Å². The third kappa shape index (κ3) is 4.20. The average Bonchev–Trinajstić information content (AvgIpc) is 3.37. The number of furan rings is 1. The second-order valence-corrected chi connectivity index (χ2v) is 8.28. The van der Waals surface area contributed by atoms with E-state index in [4.69, 9.17) is 4.42 Å². The Hall–Kier alpha value is -2.25. The molecule has 1 aliphatic heterocycles. The van der Waals surface area contributed by atoms with Gasteiger partial charge in [0.15, 0.2) is 0 Å². The summed E-state index contributed by atoms with van der Waals surface area (Å²) in [4.78, 5) is 14.9. The topological polar surface area (TPSA) is 71.3 Å². The van der Waals surface area contributed by atoms with Gasteiger partial charge in [0.05, 0.1) is 12.7 Å². The first-order chi connectivity index (χ1) is 13.1. The number of nitrogens with zero attached hydrogens (tertiary/aromatic N) is 3. The highest BCUT2D eigenvalue weighted by atomic mass is 32.1. The summed E-state index contributed by atoms with van der Waals surface area (Å²) in [5, 5.41) is 13.7. The summed E-state index contributed by atoms with van der Waals surface area (Å²) >= 11 is 1.46. The summed E-state index contributed by atoms with van der Waals surface area (Å²) in [6.45, 7) is 7.50. The molecule has 7 heteroatoms. The minimum atomic E-state index is -0.0989. The number of likely N-dealkylation sites (tertiary alicyclic amines) is 1. The van der Waals surface area contributed by atoms with Crippen LogP contribution in [0.15, 0.2) is 22.8 Å². The number of carbonyl (C=O) groups is 1. The van der Waals surface area contributed by atoms with Crippen LogP contribution >= 0.6 is 11.3 Å². The molecule has 142 valence electrons. The predicted molar refractivity (Wildman–Crippen MR) is 107 cm³/mol. The quantitative estimate of drug-likeness (QED) is 0.701. The third-order valence-corrected chi connectivity index (χ3v) is 6.07. The maximum absolute atomic E-state index is 12.4. The molecule has 0 unspecified atom stereocenters. The van der Waals surface area contributed by atoms with E-state index in [1.807, 2.05) is 6.07 Å². The number of aromatic nitrogens is 2. The van der Waals surface area contributed by atoms with Crippen molar-refractivity contribution in [1.29, 1.82) is 0 Å². The highest BCUT2D eigenvalue weighted by molar-refractivity contribution is 7.15. The number of anilines is 1. The number of aryl methyl sites for hydroxylation is 2. The molecule has 4 rings (SSSR count). The van der Waals surface area contributed by atoms with Crippen molar-refractivity contribution in [2.24, 2.45) is 0 Å². The van der Waals surface area contributed by atoms with Crippen LogP contribution in [0.3, 0.4) is 0 Å². The van der Waals surface area contributed by atoms with Crippen LogP contribution in [0, 0.1) is 13.8 Å². The van der Waals surface area contributed by atoms with Gasteiger partial charge in [-0.15, -0.1) is 10.2 Å². The van der Waals surface area contributed by atoms with Gasteiger partial charge in [-0.05, 0) is 63.0 Å². The first-order valence-corrected chi connectivity index (χ1v) is 10.2. The van der Waals surface area contributed by atoms with Crippen molar-refractivity contribution >= 4 is 33.3 Å². The van der Waals surface area contributed by atoms with Gasteiger partial charge in [-0.3, -0.25) is 4.79 Å². The Morgan fingerprint density at radius 2 is 2.00 bits per heavy atom. The highest BCUT2D eigenvalue weighted by Crippen LogP contribution is 2.25. The molecule has 3 heterocycles. The summed E-state index contributed by atoms with van der Waals surface area (Å²) in [6.07, 6.45) is 5.40. The fraction of sp³-hybridized carbons (Fsp3) is 0.450. The molecule has 1 saturated heterocycles. The molecule has 1 N–H and O–H groups in total. The SMILES string of the molecule is Cc1cc2occ(CC(=O)Nc3nnc(CCN4CCCC4)s3)c2cc1C. The van der Waals surface area contributed by atoms with Gasteiger partial charge < -0.3 is 14.6 Å². The fourth-order valence-corrected chi connectivity index (χ4v) is 4.22. The van der Waals surface area contributed by atoms with E-state index in [9.17, 15) is 4.79 Å². The number of carbonyl (C=O) groups excluding carboxylic acids is 1. The Kier molecular flexibility index (Phi) is 5.22. The van der Waals surface area contributed by atoms with E-state index in [1.165, 1.54) is 48.4 Å². The molecule has 0 spiro atoms. The molecule has 2 aromatic heterocycles. The standard InChI is InChI=1S/C20H24N4O2S/c1-13-9-16-15(12-26-17(16)10-14(13)2)11-18(25)21-20-23-22-19(27-20)5-8-24-6-3-4-7-24/h9-10,12H,3-8,11H2,1-2H3,(H,21,23,25). The van der Waals surface area contributed by atoms with E-state index < -0.39 is 0 Å². The lowest BCUT2D eigenvalue weighted by atomic mass is 10.0. The van der Waals surface area contributed by atoms with Crippen LogP contribution in [-0.4, -0.2) is 40.6 Å². The van der Waals surface area contributed by atoms with Crippen molar-refractivity contribution < 1.29 is 9.21 Å². The van der Waals surface area contributed by atoms with Gasteiger partial charge in [0.2, 0.25) is 11.0 Å². The molecule has 1 aromatic carbocycles. The minimum absolute atomic E-state index is 0.0989. The fourth-order valence-electron chi connectivity index (χ4n) is 3.47. The second-order valence-electron chi connectivity index (χ2n) is 7.22. The highest BCUT2D eigenvalue weighted by Gasteiger charge is 2.15. The van der Waals surface area contributed by atoms with Gasteiger partial charge in [0.25, 0.3) is 0 Å². The Morgan fingerprint density at radius 1 is 1.22 bits per heavy atom. The summed E-state index contributed by atoms with van der Waals surface area (Å²) in [5.74, 6) is -0.0989. The smallest absolute Gasteiger partial charge is 0.230 e. The van der Waals surface area contributed by atoms with Gasteiger partial charge in [0, 0.05) is 23.9 Å². The summed E-state index contributed by atoms with van der Waals surface area (Å²) in [5.41, 5.74) is 4.09. The van der Waals surface area contributed by atoms with E-state index >= 15 is 0 Å². The van der Waals surface area contributed by atoms with Crippen molar-refractivity contribution in [3.63, 3.8) is 0 Å². The Balaban J connectivity index is 1.36. The van der Waals surface area contributed by atoms with Crippen LogP contribution < -0.4 is 5.32 Å². The molecule has 0 aliphatic carbocycles. The Morgan fingerprint density at radius 3 is 2.81 bits per heavy atom. The number of hydrogen-bond acceptors (Lipinski definition) is 6. The van der Waals surface area contributed by atoms with Crippen LogP contribution in [0.5, 0.6) is 0 Å². The van der Waals surface area contributed by atoms with E-state index in [0.29, 0.717) is 5.13 Å². The van der Waals surface area contributed by atoms with Crippen LogP contribution in [0.25, 0.3) is 11.0 Å². The molecule has 27 heavy (non-hydrogen) atoms. The van der Waals surface area contributed by atoms with Gasteiger partial charge in [-0.2, -0.15) is 0 Å². The Labute approximate surface area is 162 Å². The number of benzene rings is 1. The second kappa shape index (κ2) is 7.78. The molecule has 1 fully saturated rings. The van der Waals surface area contributed by atoms with Crippen molar-refractivity contribution in [1.82, 2.24) is 15.1 Å². The van der Waals surface area contributed by atoms with Crippen molar-refractivity contribution in [2.45, 2.75) is 39.5 Å². The number of fused-ring (bicyclic) bond motifs is 1. The number of hydrogen-bond donors (Lipinski definition) is 1. The largest absolute Gasteiger partial charge is 0.464 e. The zero-order valence-electron chi connectivity index (χ0n) is 15.7. The number of amides is 1. The monoisotopic (exact) mass is 384 g/mol. The first kappa shape index (κ1) is 18.1. The Bertz CT molecular complexity index is 956. The molecule has 0 atom stereocenters. The van der Waals surface area contributed by atoms with Crippen LogP contribution in [0.1, 0.15) is 34.5 Å². The molecule has 0 bridgehead atoms. The summed E-state index contributed by atoms with van der Waals surface area (Å²) in [7, 11) is 0. The summed E-state index contributed by atoms with van der Waals surface area (Å²) < 4.78 is 5.61. The summed E-state index contributed by atoms with van der Waals surface area (Å²) in [6, 6.07) is 4.10. The van der Waals surface area contributed by atoms with E-state index in [0.717, 1.165) is 34.5 Å². The van der Waals surface area contributed by atoms with Crippen molar-refractivity contribution in [3.8, 4) is 0 Å². The lowest BCUT2D eigenvalue weighted by Gasteiger charge is -2.12. The number of rotatable bonds is 6. The minimum Gasteiger partial charge on any atom is -0.464 e.